The monoisotopic (exact) mass is 383 g/mol. The number of para-hydroxylation sites is 1. The largest absolute Gasteiger partial charge is 0.497 e. The van der Waals surface area contributed by atoms with Gasteiger partial charge in [-0.15, -0.1) is 0 Å². The molecule has 0 aliphatic rings. The summed E-state index contributed by atoms with van der Waals surface area (Å²) in [6, 6.07) is 12.9. The summed E-state index contributed by atoms with van der Waals surface area (Å²) in [7, 11) is 2.97. The van der Waals surface area contributed by atoms with Crippen LogP contribution >= 0.6 is 0 Å². The van der Waals surface area contributed by atoms with Crippen LogP contribution in [0.3, 0.4) is 0 Å². The number of anilines is 1. The first-order valence-electron chi connectivity index (χ1n) is 8.23. The summed E-state index contributed by atoms with van der Waals surface area (Å²) < 4.78 is 20.3. The second-order valence-electron chi connectivity index (χ2n) is 5.71. The molecule has 1 heterocycles. The topological polar surface area (TPSA) is 104 Å². The SMILES string of the molecule is COc1cc(NC(=O)COC(=O)c2cc3ccccc3oc2=O)cc(OC)c1. The number of hydrogen-bond acceptors (Lipinski definition) is 7. The lowest BCUT2D eigenvalue weighted by Crippen LogP contribution is -2.23. The molecule has 0 saturated heterocycles. The summed E-state index contributed by atoms with van der Waals surface area (Å²) in [6.45, 7) is -0.579. The number of rotatable bonds is 6. The predicted molar refractivity (Wildman–Crippen MR) is 101 cm³/mol. The lowest BCUT2D eigenvalue weighted by molar-refractivity contribution is -0.119. The van der Waals surface area contributed by atoms with Gasteiger partial charge in [-0.25, -0.2) is 9.59 Å². The van der Waals surface area contributed by atoms with E-state index < -0.39 is 24.1 Å². The summed E-state index contributed by atoms with van der Waals surface area (Å²) in [6.07, 6.45) is 0. The van der Waals surface area contributed by atoms with E-state index in [1.807, 2.05) is 0 Å². The second-order valence-corrected chi connectivity index (χ2v) is 5.71. The summed E-state index contributed by atoms with van der Waals surface area (Å²) >= 11 is 0. The van der Waals surface area contributed by atoms with Gasteiger partial charge < -0.3 is 23.9 Å². The number of fused-ring (bicyclic) bond motifs is 1. The third-order valence-corrected chi connectivity index (χ3v) is 3.83. The number of carbonyl (C=O) groups is 2. The van der Waals surface area contributed by atoms with Crippen LogP contribution in [0.2, 0.25) is 0 Å². The molecule has 144 valence electrons. The van der Waals surface area contributed by atoms with Crippen molar-refractivity contribution in [3.63, 3.8) is 0 Å². The number of carbonyl (C=O) groups excluding carboxylic acids is 2. The van der Waals surface area contributed by atoms with Gasteiger partial charge in [0.1, 0.15) is 22.6 Å². The van der Waals surface area contributed by atoms with Gasteiger partial charge >= 0.3 is 11.6 Å². The molecule has 1 aromatic heterocycles. The van der Waals surface area contributed by atoms with Crippen molar-refractivity contribution in [2.75, 3.05) is 26.1 Å². The van der Waals surface area contributed by atoms with E-state index in [0.29, 0.717) is 28.2 Å². The van der Waals surface area contributed by atoms with Gasteiger partial charge in [0.25, 0.3) is 5.91 Å². The number of methoxy groups -OCH3 is 2. The van der Waals surface area contributed by atoms with E-state index in [4.69, 9.17) is 18.6 Å². The van der Waals surface area contributed by atoms with Crippen LogP contribution in [-0.2, 0) is 9.53 Å². The second kappa shape index (κ2) is 8.26. The Bertz CT molecular complexity index is 1070. The number of benzene rings is 2. The molecule has 0 saturated carbocycles. The van der Waals surface area contributed by atoms with Gasteiger partial charge in [-0.2, -0.15) is 0 Å². The highest BCUT2D eigenvalue weighted by Crippen LogP contribution is 2.25. The van der Waals surface area contributed by atoms with Crippen molar-refractivity contribution in [2.45, 2.75) is 0 Å². The minimum atomic E-state index is -0.946. The molecule has 1 N–H and O–H groups in total. The molecular formula is C20H17NO7. The normalized spacial score (nSPS) is 10.4. The fraction of sp³-hybridized carbons (Fsp3) is 0.150. The number of esters is 1. The Labute approximate surface area is 159 Å². The zero-order valence-electron chi connectivity index (χ0n) is 15.2. The van der Waals surface area contributed by atoms with Crippen molar-refractivity contribution in [1.29, 1.82) is 0 Å². The molecule has 0 unspecified atom stereocenters. The van der Waals surface area contributed by atoms with Crippen LogP contribution in [0.25, 0.3) is 11.0 Å². The fourth-order valence-corrected chi connectivity index (χ4v) is 2.49. The molecule has 3 aromatic rings. The van der Waals surface area contributed by atoms with Crippen LogP contribution in [0.15, 0.2) is 57.7 Å². The molecule has 0 aliphatic heterocycles. The van der Waals surface area contributed by atoms with Crippen LogP contribution < -0.4 is 20.4 Å². The molecule has 0 aliphatic carbocycles. The fourth-order valence-electron chi connectivity index (χ4n) is 2.49. The van der Waals surface area contributed by atoms with E-state index in [9.17, 15) is 14.4 Å². The van der Waals surface area contributed by atoms with Gasteiger partial charge in [-0.1, -0.05) is 18.2 Å². The highest BCUT2D eigenvalue weighted by Gasteiger charge is 2.17. The molecule has 0 atom stereocenters. The zero-order valence-corrected chi connectivity index (χ0v) is 15.2. The van der Waals surface area contributed by atoms with E-state index >= 15 is 0 Å². The summed E-state index contributed by atoms with van der Waals surface area (Å²) in [5.74, 6) is -0.562. The van der Waals surface area contributed by atoms with Crippen LogP contribution in [0.5, 0.6) is 11.5 Å². The average molecular weight is 383 g/mol. The minimum absolute atomic E-state index is 0.283. The van der Waals surface area contributed by atoms with Crippen LogP contribution in [0, 0.1) is 0 Å². The van der Waals surface area contributed by atoms with Crippen molar-refractivity contribution in [3.8, 4) is 11.5 Å². The zero-order chi connectivity index (χ0) is 20.1. The lowest BCUT2D eigenvalue weighted by Gasteiger charge is -2.10. The minimum Gasteiger partial charge on any atom is -0.497 e. The lowest BCUT2D eigenvalue weighted by atomic mass is 10.2. The maximum Gasteiger partial charge on any atom is 0.351 e. The van der Waals surface area contributed by atoms with Crippen molar-refractivity contribution in [1.82, 2.24) is 0 Å². The van der Waals surface area contributed by atoms with E-state index in [1.54, 1.807) is 42.5 Å². The number of hydrogen-bond donors (Lipinski definition) is 1. The molecule has 8 nitrogen and oxygen atoms in total. The highest BCUT2D eigenvalue weighted by atomic mass is 16.5. The molecule has 0 radical (unpaired) electrons. The Morgan fingerprint density at radius 3 is 2.36 bits per heavy atom. The summed E-state index contributed by atoms with van der Waals surface area (Å²) in [5.41, 5.74) is -0.354. The number of nitrogens with one attached hydrogen (secondary N) is 1. The van der Waals surface area contributed by atoms with E-state index in [-0.39, 0.29) is 5.56 Å². The molecule has 0 fully saturated rings. The van der Waals surface area contributed by atoms with Crippen LogP contribution in [-0.4, -0.2) is 32.7 Å². The highest BCUT2D eigenvalue weighted by molar-refractivity contribution is 5.96. The standard InChI is InChI=1S/C20H17NO7/c1-25-14-8-13(9-15(10-14)26-2)21-18(22)11-27-19(23)16-7-12-5-3-4-6-17(12)28-20(16)24/h3-10H,11H2,1-2H3,(H,21,22). The van der Waals surface area contributed by atoms with Gasteiger partial charge in [0.15, 0.2) is 6.61 Å². The molecule has 8 heteroatoms. The molecule has 0 bridgehead atoms. The van der Waals surface area contributed by atoms with E-state index in [1.165, 1.54) is 20.3 Å². The molecule has 2 aromatic carbocycles. The van der Waals surface area contributed by atoms with Crippen LogP contribution in [0.1, 0.15) is 10.4 Å². The van der Waals surface area contributed by atoms with Crippen molar-refractivity contribution >= 4 is 28.5 Å². The first kappa shape index (κ1) is 19.0. The van der Waals surface area contributed by atoms with E-state index in [0.717, 1.165) is 0 Å². The molecular weight excluding hydrogens is 366 g/mol. The van der Waals surface area contributed by atoms with Gasteiger partial charge in [0, 0.05) is 29.3 Å². The Hall–Kier alpha value is -3.81. The van der Waals surface area contributed by atoms with Gasteiger partial charge in [-0.3, -0.25) is 4.79 Å². The van der Waals surface area contributed by atoms with E-state index in [2.05, 4.69) is 5.32 Å². The van der Waals surface area contributed by atoms with Gasteiger partial charge in [-0.05, 0) is 12.1 Å². The van der Waals surface area contributed by atoms with Crippen molar-refractivity contribution < 1.29 is 28.2 Å². The van der Waals surface area contributed by atoms with Crippen molar-refractivity contribution in [2.24, 2.45) is 0 Å². The van der Waals surface area contributed by atoms with Crippen LogP contribution in [0.4, 0.5) is 5.69 Å². The molecule has 1 amide bonds. The Morgan fingerprint density at radius 1 is 1.00 bits per heavy atom. The smallest absolute Gasteiger partial charge is 0.351 e. The van der Waals surface area contributed by atoms with Crippen molar-refractivity contribution in [3.05, 3.63) is 64.5 Å². The van der Waals surface area contributed by atoms with Gasteiger partial charge in [0.05, 0.1) is 14.2 Å². The maximum absolute atomic E-state index is 12.2. The number of ether oxygens (including phenoxy) is 3. The quantitative estimate of drug-likeness (QED) is 0.515. The number of amides is 1. The molecule has 0 spiro atoms. The summed E-state index contributed by atoms with van der Waals surface area (Å²) in [5, 5.41) is 3.14. The third-order valence-electron chi connectivity index (χ3n) is 3.83. The summed E-state index contributed by atoms with van der Waals surface area (Å²) in [4.78, 5) is 36.2. The first-order chi connectivity index (χ1) is 13.5. The van der Waals surface area contributed by atoms with Gasteiger partial charge in [0.2, 0.25) is 0 Å². The first-order valence-corrected chi connectivity index (χ1v) is 8.23. The Balaban J connectivity index is 1.67. The Morgan fingerprint density at radius 2 is 1.68 bits per heavy atom. The third kappa shape index (κ3) is 4.29. The molecule has 3 rings (SSSR count). The molecule has 28 heavy (non-hydrogen) atoms. The maximum atomic E-state index is 12.2. The predicted octanol–water partition coefficient (Wildman–Crippen LogP) is 2.61. The average Bonchev–Trinajstić information content (AvgIpc) is 2.71. The Kier molecular flexibility index (Phi) is 5.59.